The largest absolute Gasteiger partial charge is 0.508 e. The zero-order valence-electron chi connectivity index (χ0n) is 34.2. The van der Waals surface area contributed by atoms with E-state index in [9.17, 15) is 19.8 Å². The van der Waals surface area contributed by atoms with Crippen LogP contribution in [0.1, 0.15) is 171 Å². The van der Waals surface area contributed by atoms with Gasteiger partial charge in [-0.2, -0.15) is 0 Å². The summed E-state index contributed by atoms with van der Waals surface area (Å²) in [4.78, 5) is 24.1. The number of hydrogen-bond acceptors (Lipinski definition) is 6. The lowest BCUT2D eigenvalue weighted by Crippen LogP contribution is -2.48. The van der Waals surface area contributed by atoms with Gasteiger partial charge in [-0.1, -0.05) is 70.9 Å². The summed E-state index contributed by atoms with van der Waals surface area (Å²) < 4.78 is 11.9. The highest BCUT2D eigenvalue weighted by Gasteiger charge is 2.59. The first-order valence-corrected chi connectivity index (χ1v) is 22.4. The molecule has 4 saturated carbocycles. The zero-order valence-corrected chi connectivity index (χ0v) is 34.2. The highest BCUT2D eigenvalue weighted by molar-refractivity contribution is 5.66. The SMILES string of the molecule is CC(=O)O[C@H]1CCC2C3C(CCCCCCCCCC4Cc5cc(O)ccc5C5CC[C@@]6(C)C(CC[C@@H]6OC(C)=O)C45)Cc4cc(O)ccc4C3CC[C@@]21C. The Morgan fingerprint density at radius 1 is 0.600 bits per heavy atom. The fraction of sp³-hybridized carbons (Fsp3) is 0.714. The van der Waals surface area contributed by atoms with Crippen molar-refractivity contribution >= 4 is 11.9 Å². The Labute approximate surface area is 330 Å². The molecule has 0 spiro atoms. The predicted octanol–water partition coefficient (Wildman–Crippen LogP) is 11.3. The average Bonchev–Trinajstić information content (AvgIpc) is 3.64. The second-order valence-electron chi connectivity index (χ2n) is 19.8. The number of hydrogen-bond donors (Lipinski definition) is 2. The normalized spacial score (nSPS) is 37.1. The number of unbranched alkanes of at least 4 members (excludes halogenated alkanes) is 6. The molecule has 55 heavy (non-hydrogen) atoms. The van der Waals surface area contributed by atoms with Crippen molar-refractivity contribution in [3.05, 3.63) is 58.7 Å². The molecule has 0 aromatic heterocycles. The van der Waals surface area contributed by atoms with Crippen molar-refractivity contribution in [2.24, 2.45) is 46.3 Å². The average molecular weight is 753 g/mol. The van der Waals surface area contributed by atoms with E-state index in [0.717, 1.165) is 64.2 Å². The Morgan fingerprint density at radius 2 is 1.00 bits per heavy atom. The molecule has 6 aliphatic rings. The number of phenols is 2. The first kappa shape index (κ1) is 38.8. The fourth-order valence-electron chi connectivity index (χ4n) is 14.5. The van der Waals surface area contributed by atoms with Crippen LogP contribution in [0.2, 0.25) is 0 Å². The molecule has 6 heteroatoms. The predicted molar refractivity (Wildman–Crippen MR) is 216 cm³/mol. The summed E-state index contributed by atoms with van der Waals surface area (Å²) in [5.41, 5.74) is 5.81. The molecule has 12 atom stereocenters. The molecule has 0 aliphatic heterocycles. The van der Waals surface area contributed by atoms with E-state index < -0.39 is 0 Å². The highest BCUT2D eigenvalue weighted by Crippen LogP contribution is 2.65. The van der Waals surface area contributed by atoms with Gasteiger partial charge in [0.2, 0.25) is 0 Å². The molecule has 8 rings (SSSR count). The van der Waals surface area contributed by atoms with Crippen molar-refractivity contribution in [1.82, 2.24) is 0 Å². The molecule has 2 aromatic rings. The van der Waals surface area contributed by atoms with Crippen LogP contribution in [-0.4, -0.2) is 34.4 Å². The van der Waals surface area contributed by atoms with Gasteiger partial charge >= 0.3 is 11.9 Å². The van der Waals surface area contributed by atoms with Crippen molar-refractivity contribution in [3.63, 3.8) is 0 Å². The van der Waals surface area contributed by atoms with Crippen LogP contribution in [0.25, 0.3) is 0 Å². The van der Waals surface area contributed by atoms with E-state index in [-0.39, 0.29) is 35.0 Å². The molecule has 0 amide bonds. The molecule has 0 saturated heterocycles. The number of aromatic hydroxyl groups is 2. The Hall–Kier alpha value is -3.02. The quantitative estimate of drug-likeness (QED) is 0.166. The number of rotatable bonds is 12. The van der Waals surface area contributed by atoms with Gasteiger partial charge in [0.05, 0.1) is 0 Å². The van der Waals surface area contributed by atoms with Gasteiger partial charge in [-0.25, -0.2) is 0 Å². The van der Waals surface area contributed by atoms with Crippen molar-refractivity contribution in [1.29, 1.82) is 0 Å². The Balaban J connectivity index is 0.840. The monoisotopic (exact) mass is 753 g/mol. The smallest absolute Gasteiger partial charge is 0.302 e. The summed E-state index contributed by atoms with van der Waals surface area (Å²) in [6.45, 7) is 7.96. The lowest BCUT2D eigenvalue weighted by atomic mass is 9.52. The number of fused-ring (bicyclic) bond motifs is 10. The van der Waals surface area contributed by atoms with Gasteiger partial charge in [0, 0.05) is 24.7 Å². The minimum atomic E-state index is -0.138. The van der Waals surface area contributed by atoms with Gasteiger partial charge < -0.3 is 19.7 Å². The Morgan fingerprint density at radius 3 is 1.40 bits per heavy atom. The van der Waals surface area contributed by atoms with Crippen LogP contribution in [0.3, 0.4) is 0 Å². The first-order chi connectivity index (χ1) is 26.5. The van der Waals surface area contributed by atoms with Gasteiger partial charge in [-0.3, -0.25) is 9.59 Å². The maximum atomic E-state index is 12.0. The molecule has 0 heterocycles. The van der Waals surface area contributed by atoms with Gasteiger partial charge in [-0.05, 0) is 171 Å². The van der Waals surface area contributed by atoms with Gasteiger partial charge in [-0.15, -0.1) is 0 Å². The van der Waals surface area contributed by atoms with Crippen LogP contribution >= 0.6 is 0 Å². The number of ether oxygens (including phenoxy) is 2. The first-order valence-electron chi connectivity index (χ1n) is 22.4. The standard InChI is InChI=1S/C49H68O6/c1-30(50)54-44-20-18-42-46-32(26-34-28-36(52)14-16-38(34)40(46)22-24-48(42,44)3)12-10-8-6-5-7-9-11-13-33-27-35-29-37(53)15-17-39(35)41-23-25-49(4)43(47(33)41)19-21-45(49)55-31(2)51/h14-17,28-29,32-33,40-47,52-53H,5-13,18-27H2,1-4H3/t32?,33?,40?,41?,42?,43?,44-,45-,46?,47?,48-,49-/m0/s1. The number of carbonyl (C=O) groups excluding carboxylic acids is 2. The van der Waals surface area contributed by atoms with Crippen LogP contribution in [0, 0.1) is 46.3 Å². The fourth-order valence-corrected chi connectivity index (χ4v) is 14.5. The molecule has 0 bridgehead atoms. The second kappa shape index (κ2) is 15.7. The van der Waals surface area contributed by atoms with Crippen LogP contribution in [0.4, 0.5) is 0 Å². The molecule has 0 radical (unpaired) electrons. The molecule has 6 aliphatic carbocycles. The highest BCUT2D eigenvalue weighted by atomic mass is 16.5. The molecular formula is C49H68O6. The summed E-state index contributed by atoms with van der Waals surface area (Å²) in [5.74, 6) is 5.29. The van der Waals surface area contributed by atoms with E-state index >= 15 is 0 Å². The number of benzene rings is 2. The van der Waals surface area contributed by atoms with Crippen molar-refractivity contribution in [2.75, 3.05) is 0 Å². The Bertz CT molecular complexity index is 1590. The maximum absolute atomic E-state index is 12.0. The summed E-state index contributed by atoms with van der Waals surface area (Å²) in [7, 11) is 0. The van der Waals surface area contributed by atoms with Gasteiger partial charge in [0.15, 0.2) is 0 Å². The van der Waals surface area contributed by atoms with E-state index in [1.54, 1.807) is 13.8 Å². The van der Waals surface area contributed by atoms with Crippen molar-refractivity contribution in [3.8, 4) is 11.5 Å². The molecule has 2 N–H and O–H groups in total. The van der Waals surface area contributed by atoms with E-state index in [2.05, 4.69) is 26.0 Å². The van der Waals surface area contributed by atoms with Gasteiger partial charge in [0.1, 0.15) is 23.7 Å². The number of carbonyl (C=O) groups is 2. The summed E-state index contributed by atoms with van der Waals surface area (Å²) in [6, 6.07) is 12.3. The minimum absolute atomic E-state index is 0.0480. The number of esters is 2. The molecule has 2 aromatic carbocycles. The van der Waals surface area contributed by atoms with Crippen molar-refractivity contribution in [2.45, 2.75) is 174 Å². The summed E-state index contributed by atoms with van der Waals surface area (Å²) >= 11 is 0. The molecular weight excluding hydrogens is 685 g/mol. The van der Waals surface area contributed by atoms with E-state index in [4.69, 9.17) is 9.47 Å². The van der Waals surface area contributed by atoms with Crippen LogP contribution in [-0.2, 0) is 31.9 Å². The lowest BCUT2D eigenvalue weighted by molar-refractivity contribution is -0.156. The Kier molecular flexibility index (Phi) is 11.1. The van der Waals surface area contributed by atoms with E-state index in [1.807, 2.05) is 24.3 Å². The zero-order chi connectivity index (χ0) is 38.5. The molecule has 4 fully saturated rings. The van der Waals surface area contributed by atoms with Crippen LogP contribution < -0.4 is 0 Å². The minimum Gasteiger partial charge on any atom is -0.508 e. The second-order valence-corrected chi connectivity index (χ2v) is 19.8. The topological polar surface area (TPSA) is 93.1 Å². The van der Waals surface area contributed by atoms with Crippen LogP contribution in [0.15, 0.2) is 36.4 Å². The third-order valence-electron chi connectivity index (χ3n) is 16.9. The molecule has 8 unspecified atom stereocenters. The van der Waals surface area contributed by atoms with E-state index in [0.29, 0.717) is 58.8 Å². The molecule has 6 nitrogen and oxygen atoms in total. The van der Waals surface area contributed by atoms with Crippen molar-refractivity contribution < 1.29 is 29.3 Å². The third-order valence-corrected chi connectivity index (χ3v) is 16.9. The maximum Gasteiger partial charge on any atom is 0.302 e. The van der Waals surface area contributed by atoms with E-state index in [1.165, 1.54) is 80.0 Å². The summed E-state index contributed by atoms with van der Waals surface area (Å²) in [6.07, 6.45) is 22.6. The molecule has 300 valence electrons. The lowest BCUT2D eigenvalue weighted by Gasteiger charge is -2.53. The summed E-state index contributed by atoms with van der Waals surface area (Å²) in [5, 5.41) is 20.8. The number of phenolic OH excluding ortho intramolecular Hbond substituents is 2. The van der Waals surface area contributed by atoms with Crippen LogP contribution in [0.5, 0.6) is 11.5 Å². The van der Waals surface area contributed by atoms with Gasteiger partial charge in [0.25, 0.3) is 0 Å². The third kappa shape index (κ3) is 7.35.